The molecule has 0 saturated heterocycles. The van der Waals surface area contributed by atoms with Crippen molar-refractivity contribution in [1.29, 1.82) is 0 Å². The molecular weight excluding hydrogens is 532 g/mol. The fraction of sp³-hybridized carbons (Fsp3) is 0.167. The third kappa shape index (κ3) is 6.55. The Morgan fingerprint density at radius 3 is 1.95 bits per heavy atom. The number of para-hydroxylation sites is 1. The van der Waals surface area contributed by atoms with Crippen molar-refractivity contribution in [1.82, 2.24) is 5.32 Å². The molecule has 0 heterocycles. The van der Waals surface area contributed by atoms with E-state index in [2.05, 4.69) is 5.32 Å². The Morgan fingerprint density at radius 2 is 1.33 bits per heavy atom. The molecule has 0 aliphatic heterocycles. The number of anilines is 1. The third-order valence-corrected chi connectivity index (χ3v) is 9.25. The second kappa shape index (κ2) is 11.4. The number of carbonyl (C=O) groups is 1. The Kier molecular flexibility index (Phi) is 8.22. The molecular formula is C30H30N2O5S2. The highest BCUT2D eigenvalue weighted by atomic mass is 32.2. The molecule has 4 rings (SSSR count). The number of sulfonamides is 1. The van der Waals surface area contributed by atoms with Crippen molar-refractivity contribution in [2.45, 2.75) is 36.2 Å². The van der Waals surface area contributed by atoms with Gasteiger partial charge in [0, 0.05) is 6.26 Å². The Labute approximate surface area is 230 Å². The first-order valence-electron chi connectivity index (χ1n) is 12.3. The summed E-state index contributed by atoms with van der Waals surface area (Å²) in [6.45, 7) is 3.69. The molecule has 7 nitrogen and oxygen atoms in total. The molecule has 39 heavy (non-hydrogen) atoms. The van der Waals surface area contributed by atoms with Crippen molar-refractivity contribution in [3.05, 3.63) is 125 Å². The normalized spacial score (nSPS) is 12.5. The monoisotopic (exact) mass is 562 g/mol. The van der Waals surface area contributed by atoms with E-state index in [1.807, 2.05) is 37.3 Å². The molecule has 0 unspecified atom stereocenters. The molecule has 0 fully saturated rings. The average molecular weight is 563 g/mol. The summed E-state index contributed by atoms with van der Waals surface area (Å²) < 4.78 is 52.7. The third-order valence-electron chi connectivity index (χ3n) is 6.35. The van der Waals surface area contributed by atoms with Gasteiger partial charge in [0.1, 0.15) is 0 Å². The van der Waals surface area contributed by atoms with Crippen LogP contribution in [0.1, 0.15) is 40.0 Å². The minimum atomic E-state index is -4.03. The number of benzene rings is 4. The van der Waals surface area contributed by atoms with Gasteiger partial charge in [0.15, 0.2) is 9.84 Å². The van der Waals surface area contributed by atoms with Crippen LogP contribution in [0.25, 0.3) is 0 Å². The summed E-state index contributed by atoms with van der Waals surface area (Å²) in [5.74, 6) is -0.456. The van der Waals surface area contributed by atoms with E-state index in [9.17, 15) is 21.6 Å². The highest BCUT2D eigenvalue weighted by molar-refractivity contribution is 7.92. The van der Waals surface area contributed by atoms with Crippen molar-refractivity contribution in [2.24, 2.45) is 0 Å². The summed E-state index contributed by atoms with van der Waals surface area (Å²) in [4.78, 5) is 13.8. The standard InChI is InChI=1S/C30H30N2O5S2/c1-22-13-17-27(18-14-22)39(36,37)32(21-24-9-5-4-6-10-24)29-12-8-7-11-28(29)30(33)31-23(2)25-15-19-26(20-16-25)38(3,34)35/h4-20,23H,21H2,1-3H3,(H,31,33)/t23-/m1/s1. The van der Waals surface area contributed by atoms with Crippen molar-refractivity contribution in [3.63, 3.8) is 0 Å². The van der Waals surface area contributed by atoms with Gasteiger partial charge in [-0.05, 0) is 61.4 Å². The lowest BCUT2D eigenvalue weighted by atomic mass is 10.1. The number of hydrogen-bond acceptors (Lipinski definition) is 5. The van der Waals surface area contributed by atoms with Gasteiger partial charge >= 0.3 is 0 Å². The van der Waals surface area contributed by atoms with Gasteiger partial charge in [-0.25, -0.2) is 16.8 Å². The molecule has 0 aliphatic rings. The zero-order chi connectivity index (χ0) is 28.2. The number of nitrogens with zero attached hydrogens (tertiary/aromatic N) is 1. The van der Waals surface area contributed by atoms with Crippen LogP contribution in [0.4, 0.5) is 5.69 Å². The van der Waals surface area contributed by atoms with Crippen molar-refractivity contribution in [2.75, 3.05) is 10.6 Å². The van der Waals surface area contributed by atoms with Gasteiger partial charge < -0.3 is 5.32 Å². The topological polar surface area (TPSA) is 101 Å². The average Bonchev–Trinajstić information content (AvgIpc) is 2.92. The van der Waals surface area contributed by atoms with Gasteiger partial charge in [-0.15, -0.1) is 0 Å². The Balaban J connectivity index is 1.70. The molecule has 0 aliphatic carbocycles. The smallest absolute Gasteiger partial charge is 0.264 e. The van der Waals surface area contributed by atoms with Gasteiger partial charge in [-0.2, -0.15) is 0 Å². The predicted octanol–water partition coefficient (Wildman–Crippen LogP) is 5.29. The number of hydrogen-bond donors (Lipinski definition) is 1. The highest BCUT2D eigenvalue weighted by Crippen LogP contribution is 2.30. The molecule has 4 aromatic carbocycles. The lowest BCUT2D eigenvalue weighted by molar-refractivity contribution is 0.0940. The number of sulfone groups is 1. The Hall–Kier alpha value is -3.95. The van der Waals surface area contributed by atoms with Gasteiger partial charge in [0.25, 0.3) is 15.9 Å². The van der Waals surface area contributed by atoms with Gasteiger partial charge in [-0.3, -0.25) is 9.10 Å². The van der Waals surface area contributed by atoms with Crippen molar-refractivity contribution in [3.8, 4) is 0 Å². The van der Waals surface area contributed by atoms with Gasteiger partial charge in [-0.1, -0.05) is 72.3 Å². The van der Waals surface area contributed by atoms with E-state index < -0.39 is 31.8 Å². The summed E-state index contributed by atoms with van der Waals surface area (Å²) in [6.07, 6.45) is 1.13. The largest absolute Gasteiger partial charge is 0.345 e. The summed E-state index contributed by atoms with van der Waals surface area (Å²) >= 11 is 0. The van der Waals surface area contributed by atoms with Crippen molar-refractivity contribution >= 4 is 31.5 Å². The molecule has 1 atom stereocenters. The zero-order valence-corrected chi connectivity index (χ0v) is 23.5. The van der Waals surface area contributed by atoms with Crippen LogP contribution < -0.4 is 9.62 Å². The first-order valence-corrected chi connectivity index (χ1v) is 15.6. The number of nitrogens with one attached hydrogen (secondary N) is 1. The van der Waals surface area contributed by atoms with Crippen LogP contribution >= 0.6 is 0 Å². The molecule has 0 saturated carbocycles. The van der Waals surface area contributed by atoms with E-state index in [1.54, 1.807) is 67.6 Å². The number of carbonyl (C=O) groups excluding carboxylic acids is 1. The maximum atomic E-state index is 13.9. The minimum absolute atomic E-state index is 0.0316. The molecule has 9 heteroatoms. The van der Waals surface area contributed by atoms with Crippen LogP contribution in [0.5, 0.6) is 0 Å². The summed E-state index contributed by atoms with van der Waals surface area (Å²) in [6, 6.07) is 28.2. The lowest BCUT2D eigenvalue weighted by Crippen LogP contribution is -2.34. The quantitative estimate of drug-likeness (QED) is 0.299. The predicted molar refractivity (Wildman–Crippen MR) is 153 cm³/mol. The van der Waals surface area contributed by atoms with Crippen LogP contribution in [0, 0.1) is 6.92 Å². The SMILES string of the molecule is Cc1ccc(S(=O)(=O)N(Cc2ccccc2)c2ccccc2C(=O)N[C@H](C)c2ccc(S(C)(=O)=O)cc2)cc1. The fourth-order valence-corrected chi connectivity index (χ4v) is 6.23. The first kappa shape index (κ1) is 28.1. The van der Waals surface area contributed by atoms with Gasteiger partial charge in [0.2, 0.25) is 0 Å². The minimum Gasteiger partial charge on any atom is -0.345 e. The molecule has 0 radical (unpaired) electrons. The molecule has 1 amide bonds. The summed E-state index contributed by atoms with van der Waals surface area (Å²) in [5.41, 5.74) is 2.86. The van der Waals surface area contributed by atoms with Crippen LogP contribution in [0.15, 0.2) is 113 Å². The van der Waals surface area contributed by atoms with E-state index in [0.29, 0.717) is 5.56 Å². The number of amides is 1. The molecule has 0 aromatic heterocycles. The Morgan fingerprint density at radius 1 is 0.769 bits per heavy atom. The number of rotatable bonds is 9. The zero-order valence-electron chi connectivity index (χ0n) is 21.9. The Bertz CT molecular complexity index is 1670. The van der Waals surface area contributed by atoms with E-state index >= 15 is 0 Å². The maximum absolute atomic E-state index is 13.9. The molecule has 0 bridgehead atoms. The second-order valence-corrected chi connectivity index (χ2v) is 13.2. The highest BCUT2D eigenvalue weighted by Gasteiger charge is 2.29. The molecule has 1 N–H and O–H groups in total. The van der Waals surface area contributed by atoms with Gasteiger partial charge in [0.05, 0.1) is 33.6 Å². The van der Waals surface area contributed by atoms with E-state index in [-0.39, 0.29) is 27.6 Å². The van der Waals surface area contributed by atoms with Crippen LogP contribution in [0.3, 0.4) is 0 Å². The van der Waals surface area contributed by atoms with Crippen LogP contribution in [-0.4, -0.2) is 29.0 Å². The van der Waals surface area contributed by atoms with Crippen LogP contribution in [0.2, 0.25) is 0 Å². The van der Waals surface area contributed by atoms with E-state index in [4.69, 9.17) is 0 Å². The molecule has 202 valence electrons. The van der Waals surface area contributed by atoms with Crippen molar-refractivity contribution < 1.29 is 21.6 Å². The molecule has 4 aromatic rings. The number of aryl methyl sites for hydroxylation is 1. The fourth-order valence-electron chi connectivity index (χ4n) is 4.13. The molecule has 0 spiro atoms. The lowest BCUT2D eigenvalue weighted by Gasteiger charge is -2.27. The maximum Gasteiger partial charge on any atom is 0.264 e. The first-order chi connectivity index (χ1) is 18.5. The van der Waals surface area contributed by atoms with Crippen LogP contribution in [-0.2, 0) is 26.4 Å². The summed E-state index contributed by atoms with van der Waals surface area (Å²) in [5, 5.41) is 2.92. The van der Waals surface area contributed by atoms with E-state index in [1.165, 1.54) is 16.4 Å². The van der Waals surface area contributed by atoms with E-state index in [0.717, 1.165) is 17.4 Å². The second-order valence-electron chi connectivity index (χ2n) is 9.36. The summed E-state index contributed by atoms with van der Waals surface area (Å²) in [7, 11) is -7.37.